The van der Waals surface area contributed by atoms with Crippen LogP contribution in [0.2, 0.25) is 0 Å². The van der Waals surface area contributed by atoms with E-state index in [0.29, 0.717) is 0 Å². The van der Waals surface area contributed by atoms with Gasteiger partial charge in [0.2, 0.25) is 0 Å². The SMILES string of the molecule is Cc1cc(C)c(/N=C/Nc2cccc(NC3=CCCC=C3)c2)c(C)c1. The molecule has 128 valence electrons. The van der Waals surface area contributed by atoms with Gasteiger partial charge in [-0.15, -0.1) is 0 Å². The number of benzene rings is 2. The second-order valence-electron chi connectivity index (χ2n) is 6.49. The van der Waals surface area contributed by atoms with E-state index in [1.165, 1.54) is 16.7 Å². The highest BCUT2D eigenvalue weighted by atomic mass is 15.0. The molecule has 0 aromatic heterocycles. The molecule has 1 aliphatic carbocycles. The molecule has 0 unspecified atom stereocenters. The lowest BCUT2D eigenvalue weighted by molar-refractivity contribution is 1.02. The fourth-order valence-electron chi connectivity index (χ4n) is 3.11. The lowest BCUT2D eigenvalue weighted by atomic mass is 10.1. The lowest BCUT2D eigenvalue weighted by Gasteiger charge is -2.11. The molecule has 2 aromatic carbocycles. The van der Waals surface area contributed by atoms with Crippen LogP contribution in [0.25, 0.3) is 0 Å². The highest BCUT2D eigenvalue weighted by molar-refractivity contribution is 5.80. The number of nitrogens with zero attached hydrogens (tertiary/aromatic N) is 1. The van der Waals surface area contributed by atoms with Crippen LogP contribution in [-0.4, -0.2) is 6.34 Å². The van der Waals surface area contributed by atoms with Gasteiger partial charge in [0.15, 0.2) is 0 Å². The van der Waals surface area contributed by atoms with Crippen molar-refractivity contribution in [2.45, 2.75) is 33.6 Å². The van der Waals surface area contributed by atoms with Crippen LogP contribution in [0.15, 0.2) is 65.3 Å². The van der Waals surface area contributed by atoms with Gasteiger partial charge >= 0.3 is 0 Å². The number of hydrogen-bond acceptors (Lipinski definition) is 2. The zero-order valence-electron chi connectivity index (χ0n) is 15.1. The van der Waals surface area contributed by atoms with Gasteiger partial charge in [-0.1, -0.05) is 35.9 Å². The van der Waals surface area contributed by atoms with E-state index in [1.54, 1.807) is 6.34 Å². The number of anilines is 2. The van der Waals surface area contributed by atoms with Crippen LogP contribution in [-0.2, 0) is 0 Å². The van der Waals surface area contributed by atoms with Gasteiger partial charge in [-0.2, -0.15) is 0 Å². The quantitative estimate of drug-likeness (QED) is 0.518. The van der Waals surface area contributed by atoms with Crippen LogP contribution in [0.1, 0.15) is 29.5 Å². The topological polar surface area (TPSA) is 36.4 Å². The van der Waals surface area contributed by atoms with Gasteiger partial charge in [-0.05, 0) is 69.0 Å². The predicted molar refractivity (Wildman–Crippen MR) is 109 cm³/mol. The van der Waals surface area contributed by atoms with Crippen molar-refractivity contribution in [3.8, 4) is 0 Å². The maximum atomic E-state index is 4.61. The third-order valence-corrected chi connectivity index (χ3v) is 4.21. The minimum Gasteiger partial charge on any atom is -0.356 e. The minimum atomic E-state index is 1.01. The van der Waals surface area contributed by atoms with Crippen LogP contribution in [0.4, 0.5) is 17.1 Å². The second kappa shape index (κ2) is 7.84. The van der Waals surface area contributed by atoms with Crippen molar-refractivity contribution >= 4 is 23.4 Å². The molecular formula is C22H25N3. The van der Waals surface area contributed by atoms with E-state index in [0.717, 1.165) is 35.6 Å². The molecule has 3 nitrogen and oxygen atoms in total. The van der Waals surface area contributed by atoms with Crippen molar-refractivity contribution < 1.29 is 0 Å². The molecule has 0 saturated heterocycles. The largest absolute Gasteiger partial charge is 0.356 e. The average Bonchev–Trinajstić information content (AvgIpc) is 2.58. The first kappa shape index (κ1) is 17.0. The normalized spacial score (nSPS) is 13.8. The molecule has 0 saturated carbocycles. The second-order valence-corrected chi connectivity index (χ2v) is 6.49. The van der Waals surface area contributed by atoms with E-state index >= 15 is 0 Å². The first-order chi connectivity index (χ1) is 12.1. The molecule has 25 heavy (non-hydrogen) atoms. The standard InChI is InChI=1S/C22H25N3/c1-16-12-17(2)22(18(3)13-16)24-15-23-20-10-7-11-21(14-20)25-19-8-5-4-6-9-19/h5,7-15,25H,4,6H2,1-3H3,(H,23,24). The Hall–Kier alpha value is -2.81. The fraction of sp³-hybridized carbons (Fsp3) is 0.227. The van der Waals surface area contributed by atoms with Gasteiger partial charge in [0.1, 0.15) is 0 Å². The molecule has 0 aliphatic heterocycles. The maximum absolute atomic E-state index is 4.61. The van der Waals surface area contributed by atoms with Crippen molar-refractivity contribution in [2.75, 3.05) is 10.6 Å². The Morgan fingerprint density at radius 1 is 0.960 bits per heavy atom. The van der Waals surface area contributed by atoms with E-state index in [9.17, 15) is 0 Å². The van der Waals surface area contributed by atoms with Crippen molar-refractivity contribution in [2.24, 2.45) is 4.99 Å². The third-order valence-electron chi connectivity index (χ3n) is 4.21. The number of allylic oxidation sites excluding steroid dienone is 3. The van der Waals surface area contributed by atoms with Crippen molar-refractivity contribution in [1.82, 2.24) is 0 Å². The molecule has 0 spiro atoms. The summed E-state index contributed by atoms with van der Waals surface area (Å²) in [7, 11) is 0. The third kappa shape index (κ3) is 4.60. The van der Waals surface area contributed by atoms with Gasteiger partial charge in [0, 0.05) is 17.1 Å². The van der Waals surface area contributed by atoms with E-state index in [-0.39, 0.29) is 0 Å². The summed E-state index contributed by atoms with van der Waals surface area (Å²) in [5, 5.41) is 6.71. The number of hydrogen-bond donors (Lipinski definition) is 2. The number of aryl methyl sites for hydroxylation is 3. The van der Waals surface area contributed by atoms with Gasteiger partial charge in [0.25, 0.3) is 0 Å². The molecule has 0 atom stereocenters. The first-order valence-corrected chi connectivity index (χ1v) is 8.72. The van der Waals surface area contributed by atoms with Gasteiger partial charge in [-0.3, -0.25) is 0 Å². The van der Waals surface area contributed by atoms with Crippen LogP contribution >= 0.6 is 0 Å². The molecule has 3 heteroatoms. The molecule has 1 aliphatic rings. The summed E-state index contributed by atoms with van der Waals surface area (Å²) in [5.74, 6) is 0. The van der Waals surface area contributed by atoms with Crippen LogP contribution in [0, 0.1) is 20.8 Å². The van der Waals surface area contributed by atoms with Crippen LogP contribution < -0.4 is 10.6 Å². The van der Waals surface area contributed by atoms with E-state index in [1.807, 2.05) is 12.1 Å². The molecule has 0 radical (unpaired) electrons. The fourth-order valence-corrected chi connectivity index (χ4v) is 3.11. The average molecular weight is 331 g/mol. The van der Waals surface area contributed by atoms with Crippen LogP contribution in [0.3, 0.4) is 0 Å². The molecule has 0 fully saturated rings. The van der Waals surface area contributed by atoms with Gasteiger partial charge in [-0.25, -0.2) is 4.99 Å². The monoisotopic (exact) mass is 331 g/mol. The summed E-state index contributed by atoms with van der Waals surface area (Å²) < 4.78 is 0. The highest BCUT2D eigenvalue weighted by Gasteiger charge is 2.02. The molecule has 0 amide bonds. The van der Waals surface area contributed by atoms with Crippen LogP contribution in [0.5, 0.6) is 0 Å². The molecule has 0 bridgehead atoms. The van der Waals surface area contributed by atoms with Crippen molar-refractivity contribution in [3.63, 3.8) is 0 Å². The highest BCUT2D eigenvalue weighted by Crippen LogP contribution is 2.25. The summed E-state index contributed by atoms with van der Waals surface area (Å²) >= 11 is 0. The zero-order valence-corrected chi connectivity index (χ0v) is 15.1. The summed E-state index contributed by atoms with van der Waals surface area (Å²) in [6.45, 7) is 6.31. The number of aliphatic imine (C=N–C) groups is 1. The Balaban J connectivity index is 1.68. The summed E-state index contributed by atoms with van der Waals surface area (Å²) in [5.41, 5.74) is 7.93. The predicted octanol–water partition coefficient (Wildman–Crippen LogP) is 6.03. The molecular weight excluding hydrogens is 306 g/mol. The maximum Gasteiger partial charge on any atom is 0.0930 e. The number of nitrogens with one attached hydrogen (secondary N) is 2. The Labute approximate surface area is 150 Å². The van der Waals surface area contributed by atoms with E-state index in [2.05, 4.69) is 78.9 Å². The first-order valence-electron chi connectivity index (χ1n) is 8.72. The smallest absolute Gasteiger partial charge is 0.0930 e. The molecule has 0 heterocycles. The summed E-state index contributed by atoms with van der Waals surface area (Å²) in [4.78, 5) is 4.61. The van der Waals surface area contributed by atoms with Gasteiger partial charge < -0.3 is 10.6 Å². The van der Waals surface area contributed by atoms with E-state index < -0.39 is 0 Å². The molecule has 2 aromatic rings. The Kier molecular flexibility index (Phi) is 5.34. The molecule has 2 N–H and O–H groups in total. The van der Waals surface area contributed by atoms with Crippen molar-refractivity contribution in [3.05, 3.63) is 77.0 Å². The Bertz CT molecular complexity index is 821. The summed E-state index contributed by atoms with van der Waals surface area (Å²) in [6.07, 6.45) is 10.5. The summed E-state index contributed by atoms with van der Waals surface area (Å²) in [6, 6.07) is 12.6. The molecule has 3 rings (SSSR count). The lowest BCUT2D eigenvalue weighted by Crippen LogP contribution is -2.00. The Morgan fingerprint density at radius 3 is 2.44 bits per heavy atom. The van der Waals surface area contributed by atoms with Gasteiger partial charge in [0.05, 0.1) is 12.0 Å². The zero-order chi connectivity index (χ0) is 17.6. The minimum absolute atomic E-state index is 1.01. The van der Waals surface area contributed by atoms with Crippen molar-refractivity contribution in [1.29, 1.82) is 0 Å². The van der Waals surface area contributed by atoms with E-state index in [4.69, 9.17) is 0 Å². The number of rotatable bonds is 5. The Morgan fingerprint density at radius 2 is 1.72 bits per heavy atom.